The fraction of sp³-hybridized carbons (Fsp3) is 0.222. The molecule has 2 N–H and O–H groups in total. The molecule has 0 aromatic heterocycles. The molecule has 2 aromatic carbocycles. The van der Waals surface area contributed by atoms with Crippen LogP contribution >= 0.6 is 0 Å². The van der Waals surface area contributed by atoms with Gasteiger partial charge in [-0.25, -0.2) is 0 Å². The van der Waals surface area contributed by atoms with Gasteiger partial charge >= 0.3 is 0 Å². The smallest absolute Gasteiger partial charge is 0.255 e. The molecule has 2 aromatic rings. The van der Waals surface area contributed by atoms with Crippen molar-refractivity contribution in [3.63, 3.8) is 0 Å². The molecule has 22 heavy (non-hydrogen) atoms. The molecule has 0 bridgehead atoms. The van der Waals surface area contributed by atoms with E-state index in [-0.39, 0.29) is 17.4 Å². The van der Waals surface area contributed by atoms with Crippen LogP contribution in [0.4, 0.5) is 5.69 Å². The molecule has 0 radical (unpaired) electrons. The highest BCUT2D eigenvalue weighted by atomic mass is 16.2. The van der Waals surface area contributed by atoms with E-state index < -0.39 is 0 Å². The largest absolute Gasteiger partial charge is 0.347 e. The molecule has 4 heteroatoms. The fourth-order valence-corrected chi connectivity index (χ4v) is 1.98. The lowest BCUT2D eigenvalue weighted by atomic mass is 10.1. The third kappa shape index (κ3) is 4.19. The molecular formula is C18H20N2O2. The third-order valence-corrected chi connectivity index (χ3v) is 2.94. The number of hydrogen-bond acceptors (Lipinski definition) is 2. The van der Waals surface area contributed by atoms with Crippen molar-refractivity contribution < 1.29 is 9.59 Å². The quantitative estimate of drug-likeness (QED) is 0.911. The molecule has 114 valence electrons. The first-order valence-electron chi connectivity index (χ1n) is 7.15. The van der Waals surface area contributed by atoms with Gasteiger partial charge in [0.05, 0.1) is 11.3 Å². The number of rotatable bonds is 3. The summed E-state index contributed by atoms with van der Waals surface area (Å²) in [5, 5.41) is 5.69. The normalized spacial score (nSPS) is 10.9. The molecule has 0 heterocycles. The van der Waals surface area contributed by atoms with Crippen LogP contribution < -0.4 is 10.6 Å². The Morgan fingerprint density at radius 1 is 0.818 bits per heavy atom. The van der Waals surface area contributed by atoms with Crippen LogP contribution in [0.3, 0.4) is 0 Å². The van der Waals surface area contributed by atoms with Crippen molar-refractivity contribution in [2.75, 3.05) is 5.32 Å². The lowest BCUT2D eigenvalue weighted by Gasteiger charge is -2.21. The van der Waals surface area contributed by atoms with E-state index in [2.05, 4.69) is 10.6 Å². The molecule has 2 rings (SSSR count). The van der Waals surface area contributed by atoms with E-state index in [9.17, 15) is 9.59 Å². The second kappa shape index (κ2) is 6.43. The minimum atomic E-state index is -0.340. The van der Waals surface area contributed by atoms with Gasteiger partial charge in [0, 0.05) is 11.1 Å². The molecule has 0 unspecified atom stereocenters. The number of carbonyl (C=O) groups excluding carboxylic acids is 2. The summed E-state index contributed by atoms with van der Waals surface area (Å²) in [5.74, 6) is -0.451. The van der Waals surface area contributed by atoms with Crippen molar-refractivity contribution in [3.8, 4) is 0 Å². The highest BCUT2D eigenvalue weighted by Gasteiger charge is 2.18. The van der Waals surface area contributed by atoms with Gasteiger partial charge in [0.25, 0.3) is 11.8 Å². The number of benzene rings is 2. The summed E-state index contributed by atoms with van der Waals surface area (Å²) in [6, 6.07) is 15.9. The van der Waals surface area contributed by atoms with E-state index in [4.69, 9.17) is 0 Å². The van der Waals surface area contributed by atoms with E-state index in [1.165, 1.54) is 0 Å². The minimum Gasteiger partial charge on any atom is -0.347 e. The number of anilines is 1. The minimum absolute atomic E-state index is 0.212. The molecule has 0 fully saturated rings. The zero-order chi connectivity index (χ0) is 16.2. The monoisotopic (exact) mass is 296 g/mol. The van der Waals surface area contributed by atoms with Crippen molar-refractivity contribution in [3.05, 3.63) is 65.7 Å². The zero-order valence-corrected chi connectivity index (χ0v) is 13.0. The Hall–Kier alpha value is -2.62. The molecular weight excluding hydrogens is 276 g/mol. The van der Waals surface area contributed by atoms with E-state index in [0.29, 0.717) is 16.8 Å². The standard InChI is InChI=1S/C18H20N2O2/c1-18(2,3)20-17(22)14-11-7-8-12-15(14)19-16(21)13-9-5-4-6-10-13/h4-12H,1-3H3,(H,19,21)(H,20,22). The summed E-state index contributed by atoms with van der Waals surface area (Å²) in [7, 11) is 0. The Kier molecular flexibility index (Phi) is 4.61. The maximum absolute atomic E-state index is 12.3. The Bertz CT molecular complexity index is 673. The second-order valence-corrected chi connectivity index (χ2v) is 6.07. The van der Waals surface area contributed by atoms with E-state index in [0.717, 1.165) is 0 Å². The van der Waals surface area contributed by atoms with Crippen LogP contribution in [0.2, 0.25) is 0 Å². The van der Waals surface area contributed by atoms with Gasteiger partial charge < -0.3 is 10.6 Å². The number of carbonyl (C=O) groups is 2. The summed E-state index contributed by atoms with van der Waals surface area (Å²) >= 11 is 0. The molecule has 0 aliphatic rings. The summed E-state index contributed by atoms with van der Waals surface area (Å²) in [5.41, 5.74) is 1.15. The molecule has 0 saturated heterocycles. The van der Waals surface area contributed by atoms with Crippen molar-refractivity contribution in [2.24, 2.45) is 0 Å². The lowest BCUT2D eigenvalue weighted by Crippen LogP contribution is -2.40. The van der Waals surface area contributed by atoms with E-state index in [1.807, 2.05) is 26.8 Å². The van der Waals surface area contributed by atoms with E-state index >= 15 is 0 Å². The van der Waals surface area contributed by atoms with Gasteiger partial charge in [-0.2, -0.15) is 0 Å². The van der Waals surface area contributed by atoms with Crippen LogP contribution in [-0.2, 0) is 0 Å². The average molecular weight is 296 g/mol. The molecule has 0 atom stereocenters. The van der Waals surface area contributed by atoms with Crippen molar-refractivity contribution in [1.29, 1.82) is 0 Å². The van der Waals surface area contributed by atoms with Crippen LogP contribution in [-0.4, -0.2) is 17.4 Å². The first-order valence-corrected chi connectivity index (χ1v) is 7.15. The van der Waals surface area contributed by atoms with Gasteiger partial charge in [-0.15, -0.1) is 0 Å². The van der Waals surface area contributed by atoms with Gasteiger partial charge in [-0.05, 0) is 45.0 Å². The first-order chi connectivity index (χ1) is 10.4. The van der Waals surface area contributed by atoms with Crippen LogP contribution in [0.1, 0.15) is 41.5 Å². The van der Waals surface area contributed by atoms with E-state index in [1.54, 1.807) is 48.5 Å². The predicted molar refractivity (Wildman–Crippen MR) is 88.1 cm³/mol. The maximum Gasteiger partial charge on any atom is 0.255 e. The van der Waals surface area contributed by atoms with Crippen molar-refractivity contribution >= 4 is 17.5 Å². The zero-order valence-electron chi connectivity index (χ0n) is 13.0. The molecule has 0 aliphatic heterocycles. The van der Waals surface area contributed by atoms with Gasteiger partial charge in [0.1, 0.15) is 0 Å². The SMILES string of the molecule is CC(C)(C)NC(=O)c1ccccc1NC(=O)c1ccccc1. The van der Waals surface area contributed by atoms with Crippen LogP contribution in [0.25, 0.3) is 0 Å². The van der Waals surface area contributed by atoms with Gasteiger partial charge in [0.2, 0.25) is 0 Å². The molecule has 0 spiro atoms. The Labute approximate surface area is 130 Å². The molecule has 0 saturated carbocycles. The van der Waals surface area contributed by atoms with Crippen LogP contribution in [0.15, 0.2) is 54.6 Å². The predicted octanol–water partition coefficient (Wildman–Crippen LogP) is 3.47. The fourth-order valence-electron chi connectivity index (χ4n) is 1.98. The van der Waals surface area contributed by atoms with Crippen molar-refractivity contribution in [1.82, 2.24) is 5.32 Å². The van der Waals surface area contributed by atoms with Crippen molar-refractivity contribution in [2.45, 2.75) is 26.3 Å². The van der Waals surface area contributed by atoms with Crippen LogP contribution in [0, 0.1) is 0 Å². The Morgan fingerprint density at radius 2 is 1.41 bits per heavy atom. The Morgan fingerprint density at radius 3 is 2.05 bits per heavy atom. The Balaban J connectivity index is 2.22. The molecule has 4 nitrogen and oxygen atoms in total. The number of nitrogens with one attached hydrogen (secondary N) is 2. The number of amides is 2. The summed E-state index contributed by atoms with van der Waals surface area (Å²) in [6.45, 7) is 5.74. The van der Waals surface area contributed by atoms with Gasteiger partial charge in [0.15, 0.2) is 0 Å². The lowest BCUT2D eigenvalue weighted by molar-refractivity contribution is 0.0920. The second-order valence-electron chi connectivity index (χ2n) is 6.07. The maximum atomic E-state index is 12.3. The first kappa shape index (κ1) is 15.8. The number of hydrogen-bond donors (Lipinski definition) is 2. The highest BCUT2D eigenvalue weighted by molar-refractivity contribution is 6.09. The average Bonchev–Trinajstić information content (AvgIpc) is 2.47. The van der Waals surface area contributed by atoms with Gasteiger partial charge in [-0.3, -0.25) is 9.59 Å². The topological polar surface area (TPSA) is 58.2 Å². The number of para-hydroxylation sites is 1. The van der Waals surface area contributed by atoms with Gasteiger partial charge in [-0.1, -0.05) is 30.3 Å². The third-order valence-electron chi connectivity index (χ3n) is 2.94. The van der Waals surface area contributed by atoms with Crippen LogP contribution in [0.5, 0.6) is 0 Å². The molecule has 0 aliphatic carbocycles. The molecule has 2 amide bonds. The summed E-state index contributed by atoms with van der Waals surface area (Å²) in [4.78, 5) is 24.6. The summed E-state index contributed by atoms with van der Waals surface area (Å²) in [6.07, 6.45) is 0. The summed E-state index contributed by atoms with van der Waals surface area (Å²) < 4.78 is 0. The highest BCUT2D eigenvalue weighted by Crippen LogP contribution is 2.17.